The highest BCUT2D eigenvalue weighted by molar-refractivity contribution is 14.1. The monoisotopic (exact) mass is 490 g/mol. The zero-order chi connectivity index (χ0) is 19.9. The number of aromatic nitrogens is 2. The number of carbonyl (C=O) groups is 2. The first-order valence-corrected chi connectivity index (χ1v) is 9.84. The normalized spacial score (nSPS) is 18.1. The number of nitrogens with one attached hydrogen (secondary N) is 2. The Bertz CT molecular complexity index is 915. The molecule has 144 valence electrons. The Balaban J connectivity index is 1.68. The van der Waals surface area contributed by atoms with Crippen molar-refractivity contribution in [3.63, 3.8) is 0 Å². The van der Waals surface area contributed by atoms with Crippen molar-refractivity contribution in [2.45, 2.75) is 10.5 Å². The first-order valence-electron chi connectivity index (χ1n) is 8.59. The molecule has 2 unspecified atom stereocenters. The molecule has 0 bridgehead atoms. The van der Waals surface area contributed by atoms with E-state index < -0.39 is 0 Å². The summed E-state index contributed by atoms with van der Waals surface area (Å²) in [6, 6.07) is 7.21. The SMILES string of the molecule is COC(=O)C1C=CC(NC(=O)c2cccnc2NCc2ccncc2)=CC1I. The van der Waals surface area contributed by atoms with Crippen LogP contribution in [0.3, 0.4) is 0 Å². The van der Waals surface area contributed by atoms with E-state index in [1.807, 2.05) is 18.2 Å². The summed E-state index contributed by atoms with van der Waals surface area (Å²) in [7, 11) is 1.36. The van der Waals surface area contributed by atoms with E-state index in [1.165, 1.54) is 7.11 Å². The minimum Gasteiger partial charge on any atom is -0.469 e. The molecule has 2 N–H and O–H groups in total. The molecule has 7 nitrogen and oxygen atoms in total. The Morgan fingerprint density at radius 3 is 2.71 bits per heavy atom. The van der Waals surface area contributed by atoms with Gasteiger partial charge in [-0.25, -0.2) is 4.98 Å². The molecule has 0 radical (unpaired) electrons. The van der Waals surface area contributed by atoms with Gasteiger partial charge in [-0.1, -0.05) is 28.7 Å². The van der Waals surface area contributed by atoms with Gasteiger partial charge in [0.1, 0.15) is 5.82 Å². The summed E-state index contributed by atoms with van der Waals surface area (Å²) in [5.74, 6) is -0.439. The number of methoxy groups -OCH3 is 1. The van der Waals surface area contributed by atoms with Crippen LogP contribution in [0.2, 0.25) is 0 Å². The molecular weight excluding hydrogens is 471 g/mol. The first kappa shape index (κ1) is 20.0. The lowest BCUT2D eigenvalue weighted by atomic mass is 9.99. The Morgan fingerprint density at radius 2 is 2.00 bits per heavy atom. The van der Waals surface area contributed by atoms with E-state index in [9.17, 15) is 9.59 Å². The van der Waals surface area contributed by atoms with Crippen LogP contribution >= 0.6 is 22.6 Å². The smallest absolute Gasteiger partial charge is 0.313 e. The van der Waals surface area contributed by atoms with Crippen LogP contribution in [0.15, 0.2) is 66.8 Å². The molecule has 0 saturated heterocycles. The van der Waals surface area contributed by atoms with Gasteiger partial charge in [0.25, 0.3) is 5.91 Å². The second-order valence-corrected chi connectivity index (χ2v) is 7.48. The molecule has 0 spiro atoms. The van der Waals surface area contributed by atoms with E-state index in [0.29, 0.717) is 23.6 Å². The van der Waals surface area contributed by atoms with Gasteiger partial charge in [0.05, 0.1) is 18.6 Å². The van der Waals surface area contributed by atoms with Crippen LogP contribution in [0.25, 0.3) is 0 Å². The molecule has 28 heavy (non-hydrogen) atoms. The maximum Gasteiger partial charge on any atom is 0.313 e. The minimum absolute atomic E-state index is 0.108. The van der Waals surface area contributed by atoms with Gasteiger partial charge in [0.15, 0.2) is 0 Å². The number of alkyl halides is 1. The van der Waals surface area contributed by atoms with Crippen molar-refractivity contribution >= 4 is 40.3 Å². The standard InChI is InChI=1S/C20H19IN4O3/c1-28-20(27)15-5-4-14(11-17(15)21)25-19(26)16-3-2-8-23-18(16)24-12-13-6-9-22-10-7-13/h2-11,15,17H,12H2,1H3,(H,23,24)(H,25,26). The Labute approximate surface area is 176 Å². The maximum absolute atomic E-state index is 12.8. The number of esters is 1. The highest BCUT2D eigenvalue weighted by atomic mass is 127. The quantitative estimate of drug-likeness (QED) is 0.368. The number of ether oxygens (including phenoxy) is 1. The molecule has 1 aliphatic rings. The number of rotatable bonds is 6. The Kier molecular flexibility index (Phi) is 6.75. The van der Waals surface area contributed by atoms with Crippen LogP contribution in [0.5, 0.6) is 0 Å². The number of nitrogens with zero attached hydrogens (tertiary/aromatic N) is 2. The van der Waals surface area contributed by atoms with Crippen molar-refractivity contribution in [3.05, 3.63) is 77.9 Å². The van der Waals surface area contributed by atoms with Crippen molar-refractivity contribution in [2.24, 2.45) is 5.92 Å². The number of amides is 1. The molecule has 1 amide bonds. The second-order valence-electron chi connectivity index (χ2n) is 6.04. The number of pyridine rings is 2. The molecule has 0 aromatic carbocycles. The Hall–Kier alpha value is -2.75. The number of hydrogen-bond donors (Lipinski definition) is 2. The zero-order valence-corrected chi connectivity index (χ0v) is 17.3. The van der Waals surface area contributed by atoms with E-state index in [0.717, 1.165) is 5.56 Å². The van der Waals surface area contributed by atoms with Gasteiger partial charge in [-0.2, -0.15) is 0 Å². The lowest BCUT2D eigenvalue weighted by molar-refractivity contribution is -0.143. The average molecular weight is 490 g/mol. The summed E-state index contributed by atoms with van der Waals surface area (Å²) in [5.41, 5.74) is 2.10. The van der Waals surface area contributed by atoms with Gasteiger partial charge in [-0.15, -0.1) is 0 Å². The highest BCUT2D eigenvalue weighted by Gasteiger charge is 2.26. The summed E-state index contributed by atoms with van der Waals surface area (Å²) in [5, 5.41) is 6.06. The van der Waals surface area contributed by atoms with Gasteiger partial charge in [0, 0.05) is 34.8 Å². The predicted octanol–water partition coefficient (Wildman–Crippen LogP) is 2.87. The lowest BCUT2D eigenvalue weighted by Gasteiger charge is -2.20. The molecule has 8 heteroatoms. The van der Waals surface area contributed by atoms with Crippen molar-refractivity contribution in [1.29, 1.82) is 0 Å². The largest absolute Gasteiger partial charge is 0.469 e. The summed E-state index contributed by atoms with van der Waals surface area (Å²) < 4.78 is 4.68. The molecule has 2 aromatic heterocycles. The average Bonchev–Trinajstić information content (AvgIpc) is 2.72. The summed E-state index contributed by atoms with van der Waals surface area (Å²) in [6.45, 7) is 0.527. The molecule has 0 fully saturated rings. The minimum atomic E-state index is -0.359. The van der Waals surface area contributed by atoms with Crippen LogP contribution < -0.4 is 10.6 Å². The highest BCUT2D eigenvalue weighted by Crippen LogP contribution is 2.24. The summed E-state index contributed by atoms with van der Waals surface area (Å²) in [6.07, 6.45) is 10.4. The molecule has 2 atom stereocenters. The number of hydrogen-bond acceptors (Lipinski definition) is 6. The molecule has 0 aliphatic heterocycles. The molecule has 0 saturated carbocycles. The second kappa shape index (κ2) is 9.45. The topological polar surface area (TPSA) is 93.2 Å². The maximum atomic E-state index is 12.8. The first-order chi connectivity index (χ1) is 13.6. The van der Waals surface area contributed by atoms with Crippen molar-refractivity contribution in [3.8, 4) is 0 Å². The summed E-state index contributed by atoms with van der Waals surface area (Å²) in [4.78, 5) is 32.8. The van der Waals surface area contributed by atoms with E-state index in [1.54, 1.807) is 42.9 Å². The summed E-state index contributed by atoms with van der Waals surface area (Å²) >= 11 is 2.15. The molecule has 3 rings (SSSR count). The fourth-order valence-corrected chi connectivity index (χ4v) is 3.61. The zero-order valence-electron chi connectivity index (χ0n) is 15.1. The third-order valence-electron chi connectivity index (χ3n) is 4.16. The van der Waals surface area contributed by atoms with Crippen LogP contribution in [-0.2, 0) is 16.1 Å². The van der Waals surface area contributed by atoms with E-state index in [4.69, 9.17) is 4.74 Å². The van der Waals surface area contributed by atoms with Crippen LogP contribution in [0, 0.1) is 5.92 Å². The molecule has 2 aromatic rings. The van der Waals surface area contributed by atoms with Gasteiger partial charge in [-0.3, -0.25) is 14.6 Å². The van der Waals surface area contributed by atoms with Gasteiger partial charge < -0.3 is 15.4 Å². The van der Waals surface area contributed by atoms with Crippen LogP contribution in [0.1, 0.15) is 15.9 Å². The predicted molar refractivity (Wildman–Crippen MR) is 114 cm³/mol. The van der Waals surface area contributed by atoms with Crippen molar-refractivity contribution < 1.29 is 14.3 Å². The van der Waals surface area contributed by atoms with Crippen molar-refractivity contribution in [2.75, 3.05) is 12.4 Å². The van der Waals surface area contributed by atoms with Gasteiger partial charge in [0.2, 0.25) is 0 Å². The molecule has 1 aliphatic carbocycles. The lowest BCUT2D eigenvalue weighted by Crippen LogP contribution is -2.29. The third-order valence-corrected chi connectivity index (χ3v) is 5.29. The van der Waals surface area contributed by atoms with E-state index in [2.05, 4.69) is 43.2 Å². The van der Waals surface area contributed by atoms with Gasteiger partial charge >= 0.3 is 5.97 Å². The fourth-order valence-electron chi connectivity index (χ4n) is 2.69. The molecular formula is C20H19IN4O3. The number of carbonyl (C=O) groups excluding carboxylic acids is 2. The fraction of sp³-hybridized carbons (Fsp3) is 0.200. The van der Waals surface area contributed by atoms with Crippen LogP contribution in [-0.4, -0.2) is 32.9 Å². The third kappa shape index (κ3) is 4.94. The van der Waals surface area contributed by atoms with Crippen molar-refractivity contribution in [1.82, 2.24) is 15.3 Å². The van der Waals surface area contributed by atoms with Crippen LogP contribution in [0.4, 0.5) is 5.82 Å². The Morgan fingerprint density at radius 1 is 1.21 bits per heavy atom. The molecule has 2 heterocycles. The van der Waals surface area contributed by atoms with E-state index >= 15 is 0 Å². The number of allylic oxidation sites excluding steroid dienone is 2. The van der Waals surface area contributed by atoms with Gasteiger partial charge in [-0.05, 0) is 42.0 Å². The van der Waals surface area contributed by atoms with E-state index in [-0.39, 0.29) is 21.7 Å². The number of anilines is 1. The number of halogens is 1.